The third kappa shape index (κ3) is 3.44. The van der Waals surface area contributed by atoms with Crippen LogP contribution in [-0.2, 0) is 0 Å². The lowest BCUT2D eigenvalue weighted by atomic mass is 9.99. The monoisotopic (exact) mass is 225 g/mol. The van der Waals surface area contributed by atoms with Gasteiger partial charge in [-0.25, -0.2) is 0 Å². The van der Waals surface area contributed by atoms with Crippen LogP contribution in [0.3, 0.4) is 0 Å². The maximum Gasteiger partial charge on any atom is 0.0223 e. The number of nitrogens with two attached hydrogens (primary N) is 1. The van der Waals surface area contributed by atoms with Crippen molar-refractivity contribution in [3.05, 3.63) is 0 Å². The van der Waals surface area contributed by atoms with E-state index in [9.17, 15) is 0 Å². The third-order valence-electron chi connectivity index (χ3n) is 4.10. The molecule has 2 N–H and O–H groups in total. The minimum Gasteiger partial charge on any atom is -0.330 e. The lowest BCUT2D eigenvalue weighted by Gasteiger charge is -2.44. The van der Waals surface area contributed by atoms with Crippen molar-refractivity contribution in [2.75, 3.05) is 39.3 Å². The molecule has 0 bridgehead atoms. The second-order valence-corrected chi connectivity index (χ2v) is 5.34. The molecule has 94 valence electrons. The highest BCUT2D eigenvalue weighted by Gasteiger charge is 2.28. The summed E-state index contributed by atoms with van der Waals surface area (Å²) in [7, 11) is 0. The number of fused-ring (bicyclic) bond motifs is 1. The van der Waals surface area contributed by atoms with E-state index in [0.717, 1.165) is 12.6 Å². The van der Waals surface area contributed by atoms with Crippen LogP contribution in [0.4, 0.5) is 0 Å². The molecule has 0 radical (unpaired) electrons. The number of nitrogens with zero attached hydrogens (tertiary/aromatic N) is 2. The number of piperidine rings is 1. The number of hydrogen-bond acceptors (Lipinski definition) is 3. The number of unbranched alkanes of at least 4 members (excludes halogenated alkanes) is 2. The molecule has 2 fully saturated rings. The molecule has 3 nitrogen and oxygen atoms in total. The molecule has 16 heavy (non-hydrogen) atoms. The first kappa shape index (κ1) is 12.3. The fourth-order valence-corrected chi connectivity index (χ4v) is 3.08. The molecule has 0 saturated carbocycles. The van der Waals surface area contributed by atoms with Crippen molar-refractivity contribution in [1.82, 2.24) is 9.80 Å². The molecule has 3 heteroatoms. The highest BCUT2D eigenvalue weighted by atomic mass is 15.3. The van der Waals surface area contributed by atoms with Crippen LogP contribution in [0.5, 0.6) is 0 Å². The highest BCUT2D eigenvalue weighted by molar-refractivity contribution is 4.84. The molecule has 0 spiro atoms. The van der Waals surface area contributed by atoms with Crippen LogP contribution in [0.2, 0.25) is 0 Å². The van der Waals surface area contributed by atoms with E-state index in [2.05, 4.69) is 9.80 Å². The Balaban J connectivity index is 1.65. The Kier molecular flexibility index (Phi) is 5.07. The molecule has 0 aromatic rings. The lowest BCUT2D eigenvalue weighted by molar-refractivity contribution is 0.0487. The Labute approximate surface area is 100.0 Å². The summed E-state index contributed by atoms with van der Waals surface area (Å²) in [5.74, 6) is 0. The first-order valence-corrected chi connectivity index (χ1v) is 7.06. The number of rotatable bonds is 5. The molecule has 0 aliphatic carbocycles. The summed E-state index contributed by atoms with van der Waals surface area (Å²) in [6.07, 6.45) is 8.14. The van der Waals surface area contributed by atoms with Gasteiger partial charge in [0, 0.05) is 25.7 Å². The largest absolute Gasteiger partial charge is 0.330 e. The van der Waals surface area contributed by atoms with E-state index < -0.39 is 0 Å². The summed E-state index contributed by atoms with van der Waals surface area (Å²) in [4.78, 5) is 5.38. The average molecular weight is 225 g/mol. The zero-order valence-electron chi connectivity index (χ0n) is 10.5. The average Bonchev–Trinajstić information content (AvgIpc) is 2.34. The Morgan fingerprint density at radius 1 is 1.00 bits per heavy atom. The van der Waals surface area contributed by atoms with E-state index >= 15 is 0 Å². The Hall–Kier alpha value is -0.120. The van der Waals surface area contributed by atoms with Crippen molar-refractivity contribution >= 4 is 0 Å². The van der Waals surface area contributed by atoms with Crippen molar-refractivity contribution in [2.24, 2.45) is 5.73 Å². The van der Waals surface area contributed by atoms with E-state index in [-0.39, 0.29) is 0 Å². The van der Waals surface area contributed by atoms with Gasteiger partial charge in [0.15, 0.2) is 0 Å². The zero-order chi connectivity index (χ0) is 11.2. The van der Waals surface area contributed by atoms with E-state index in [4.69, 9.17) is 5.73 Å². The standard InChI is InChI=1S/C13H27N3/c14-7-3-1-4-8-15-10-11-16-9-5-2-6-13(16)12-15/h13H,1-12,14H2. The van der Waals surface area contributed by atoms with Gasteiger partial charge in [-0.1, -0.05) is 12.8 Å². The summed E-state index contributed by atoms with van der Waals surface area (Å²) in [6.45, 7) is 7.43. The van der Waals surface area contributed by atoms with Gasteiger partial charge >= 0.3 is 0 Å². The van der Waals surface area contributed by atoms with Crippen molar-refractivity contribution in [3.8, 4) is 0 Å². The van der Waals surface area contributed by atoms with Crippen molar-refractivity contribution < 1.29 is 0 Å². The van der Waals surface area contributed by atoms with Crippen LogP contribution in [0.1, 0.15) is 38.5 Å². The molecular formula is C13H27N3. The van der Waals surface area contributed by atoms with Gasteiger partial charge in [0.1, 0.15) is 0 Å². The van der Waals surface area contributed by atoms with Crippen LogP contribution in [-0.4, -0.2) is 55.1 Å². The zero-order valence-corrected chi connectivity index (χ0v) is 10.5. The topological polar surface area (TPSA) is 32.5 Å². The Bertz CT molecular complexity index is 196. The molecule has 2 rings (SSSR count). The molecule has 0 amide bonds. The van der Waals surface area contributed by atoms with E-state index in [1.54, 1.807) is 0 Å². The van der Waals surface area contributed by atoms with Crippen LogP contribution in [0.25, 0.3) is 0 Å². The molecule has 2 aliphatic rings. The third-order valence-corrected chi connectivity index (χ3v) is 4.10. The van der Waals surface area contributed by atoms with Gasteiger partial charge in [0.2, 0.25) is 0 Å². The maximum atomic E-state index is 5.51. The van der Waals surface area contributed by atoms with Crippen LogP contribution >= 0.6 is 0 Å². The minimum atomic E-state index is 0.858. The first-order chi connectivity index (χ1) is 7.90. The normalized spacial score (nSPS) is 27.9. The van der Waals surface area contributed by atoms with Gasteiger partial charge < -0.3 is 10.6 Å². The fraction of sp³-hybridized carbons (Fsp3) is 1.00. The second-order valence-electron chi connectivity index (χ2n) is 5.34. The fourth-order valence-electron chi connectivity index (χ4n) is 3.08. The van der Waals surface area contributed by atoms with Gasteiger partial charge in [0.25, 0.3) is 0 Å². The lowest BCUT2D eigenvalue weighted by Crippen LogP contribution is -2.54. The van der Waals surface area contributed by atoms with Gasteiger partial charge in [-0.05, 0) is 45.3 Å². The number of piperazine rings is 1. The highest BCUT2D eigenvalue weighted by Crippen LogP contribution is 2.21. The summed E-state index contributed by atoms with van der Waals surface area (Å²) in [5, 5.41) is 0. The second kappa shape index (κ2) is 6.58. The molecule has 2 heterocycles. The quantitative estimate of drug-likeness (QED) is 0.716. The number of hydrogen-bond donors (Lipinski definition) is 1. The summed E-state index contributed by atoms with van der Waals surface area (Å²) < 4.78 is 0. The maximum absolute atomic E-state index is 5.51. The van der Waals surface area contributed by atoms with Crippen molar-refractivity contribution in [1.29, 1.82) is 0 Å². The van der Waals surface area contributed by atoms with Crippen molar-refractivity contribution in [2.45, 2.75) is 44.6 Å². The molecule has 1 unspecified atom stereocenters. The SMILES string of the molecule is NCCCCCN1CCN2CCCCC2C1. The van der Waals surface area contributed by atoms with Crippen LogP contribution in [0, 0.1) is 0 Å². The molecular weight excluding hydrogens is 198 g/mol. The van der Waals surface area contributed by atoms with Gasteiger partial charge in [-0.2, -0.15) is 0 Å². The Morgan fingerprint density at radius 2 is 1.94 bits per heavy atom. The Morgan fingerprint density at radius 3 is 2.81 bits per heavy atom. The smallest absolute Gasteiger partial charge is 0.0223 e. The van der Waals surface area contributed by atoms with Crippen LogP contribution < -0.4 is 5.73 Å². The molecule has 1 atom stereocenters. The van der Waals surface area contributed by atoms with E-state index in [1.165, 1.54) is 71.2 Å². The molecule has 2 aliphatic heterocycles. The predicted molar refractivity (Wildman–Crippen MR) is 68.6 cm³/mol. The van der Waals surface area contributed by atoms with Crippen LogP contribution in [0.15, 0.2) is 0 Å². The van der Waals surface area contributed by atoms with Gasteiger partial charge in [-0.3, -0.25) is 4.90 Å². The summed E-state index contributed by atoms with van der Waals surface area (Å²) in [6, 6.07) is 0.872. The molecule has 2 saturated heterocycles. The minimum absolute atomic E-state index is 0.858. The van der Waals surface area contributed by atoms with Gasteiger partial charge in [0.05, 0.1) is 0 Å². The molecule has 0 aromatic carbocycles. The van der Waals surface area contributed by atoms with E-state index in [0.29, 0.717) is 0 Å². The van der Waals surface area contributed by atoms with Gasteiger partial charge in [-0.15, -0.1) is 0 Å². The predicted octanol–water partition coefficient (Wildman–Crippen LogP) is 1.29. The summed E-state index contributed by atoms with van der Waals surface area (Å²) in [5.41, 5.74) is 5.51. The molecule has 0 aromatic heterocycles. The first-order valence-electron chi connectivity index (χ1n) is 7.06. The van der Waals surface area contributed by atoms with E-state index in [1.807, 2.05) is 0 Å². The van der Waals surface area contributed by atoms with Crippen molar-refractivity contribution in [3.63, 3.8) is 0 Å². The summed E-state index contributed by atoms with van der Waals surface area (Å²) >= 11 is 0.